The first kappa shape index (κ1) is 8.86. The van der Waals surface area contributed by atoms with Crippen molar-refractivity contribution < 1.29 is 13.2 Å². The molecule has 0 fully saturated rings. The third kappa shape index (κ3) is 2.10. The zero-order valence-corrected chi connectivity index (χ0v) is 6.88. The summed E-state index contributed by atoms with van der Waals surface area (Å²) >= 11 is 4.34. The average molecular weight is 199 g/mol. The van der Waals surface area contributed by atoms with Crippen LogP contribution in [0.25, 0.3) is 0 Å². The number of thiol groups is 1. The van der Waals surface area contributed by atoms with E-state index in [0.717, 1.165) is 11.3 Å². The van der Waals surface area contributed by atoms with Crippen LogP contribution in [0.4, 0.5) is 13.2 Å². The Labute approximate surface area is 70.7 Å². The molecule has 1 aromatic heterocycles. The van der Waals surface area contributed by atoms with Gasteiger partial charge in [-0.15, -0.1) is 11.3 Å². The third-order valence-corrected chi connectivity index (χ3v) is 2.55. The zero-order chi connectivity index (χ0) is 8.48. The van der Waals surface area contributed by atoms with Gasteiger partial charge in [-0.05, 0) is 0 Å². The highest BCUT2D eigenvalue weighted by Gasteiger charge is 2.39. The lowest BCUT2D eigenvalue weighted by atomic mass is 10.4. The maximum atomic E-state index is 11.9. The quantitative estimate of drug-likeness (QED) is 0.686. The number of aromatic nitrogens is 1. The van der Waals surface area contributed by atoms with E-state index in [1.54, 1.807) is 0 Å². The van der Waals surface area contributed by atoms with Gasteiger partial charge in [0, 0.05) is 11.6 Å². The SMILES string of the molecule is FC(F)(F)C(S)c1nccs1. The molecule has 0 amide bonds. The first-order valence-corrected chi connectivity index (χ1v) is 4.05. The van der Waals surface area contributed by atoms with Crippen LogP contribution in [0.2, 0.25) is 0 Å². The van der Waals surface area contributed by atoms with Gasteiger partial charge >= 0.3 is 6.18 Å². The molecule has 0 aliphatic rings. The largest absolute Gasteiger partial charge is 0.406 e. The van der Waals surface area contributed by atoms with Gasteiger partial charge in [0.1, 0.15) is 10.3 Å². The van der Waals surface area contributed by atoms with Crippen LogP contribution in [0.15, 0.2) is 11.6 Å². The molecule has 0 radical (unpaired) electrons. The second-order valence-electron chi connectivity index (χ2n) is 1.81. The van der Waals surface area contributed by atoms with Crippen molar-refractivity contribution in [1.29, 1.82) is 0 Å². The maximum absolute atomic E-state index is 11.9. The Kier molecular flexibility index (Phi) is 2.43. The van der Waals surface area contributed by atoms with Gasteiger partial charge in [-0.1, -0.05) is 0 Å². The van der Waals surface area contributed by atoms with Crippen molar-refractivity contribution in [3.63, 3.8) is 0 Å². The predicted molar refractivity (Wildman–Crippen MR) is 39.9 cm³/mol. The van der Waals surface area contributed by atoms with Crippen LogP contribution in [-0.4, -0.2) is 11.2 Å². The molecule has 6 heteroatoms. The fourth-order valence-corrected chi connectivity index (χ4v) is 1.40. The standard InChI is InChI=1S/C5H4F3NS2/c6-5(7,8)3(10)4-9-1-2-11-4/h1-3,10H. The summed E-state index contributed by atoms with van der Waals surface area (Å²) in [4.78, 5) is 3.50. The molecule has 62 valence electrons. The number of thiazole rings is 1. The van der Waals surface area contributed by atoms with E-state index in [1.807, 2.05) is 0 Å². The topological polar surface area (TPSA) is 12.9 Å². The number of rotatable bonds is 1. The lowest BCUT2D eigenvalue weighted by molar-refractivity contribution is -0.129. The molecule has 11 heavy (non-hydrogen) atoms. The molecule has 0 aliphatic heterocycles. The number of hydrogen-bond acceptors (Lipinski definition) is 3. The summed E-state index contributed by atoms with van der Waals surface area (Å²) in [5.74, 6) is 0. The maximum Gasteiger partial charge on any atom is 0.406 e. The first-order valence-electron chi connectivity index (χ1n) is 2.66. The number of hydrogen-bond donors (Lipinski definition) is 1. The van der Waals surface area contributed by atoms with Crippen molar-refractivity contribution in [3.05, 3.63) is 16.6 Å². The monoisotopic (exact) mass is 199 g/mol. The summed E-state index contributed by atoms with van der Waals surface area (Å²) in [5.41, 5.74) is 0. The van der Waals surface area contributed by atoms with Gasteiger partial charge in [0.25, 0.3) is 0 Å². The molecule has 0 N–H and O–H groups in total. The summed E-state index contributed by atoms with van der Waals surface area (Å²) in [6.07, 6.45) is -2.98. The lowest BCUT2D eigenvalue weighted by Crippen LogP contribution is -2.15. The number of nitrogens with zero attached hydrogens (tertiary/aromatic N) is 1. The van der Waals surface area contributed by atoms with Gasteiger partial charge in [-0.3, -0.25) is 0 Å². The smallest absolute Gasteiger partial charge is 0.248 e. The van der Waals surface area contributed by atoms with E-state index in [4.69, 9.17) is 0 Å². The highest BCUT2D eigenvalue weighted by molar-refractivity contribution is 7.80. The van der Waals surface area contributed by atoms with Crippen molar-refractivity contribution in [2.75, 3.05) is 0 Å². The van der Waals surface area contributed by atoms with Gasteiger partial charge in [-0.25, -0.2) is 4.98 Å². The molecule has 1 atom stereocenters. The van der Waals surface area contributed by atoms with Crippen LogP contribution in [0, 0.1) is 0 Å². The third-order valence-electron chi connectivity index (χ3n) is 0.995. The normalized spacial score (nSPS) is 14.9. The summed E-state index contributed by atoms with van der Waals surface area (Å²) in [6, 6.07) is 0. The summed E-state index contributed by atoms with van der Waals surface area (Å²) in [7, 11) is 0. The second kappa shape index (κ2) is 3.02. The lowest BCUT2D eigenvalue weighted by Gasteiger charge is -2.10. The molecule has 0 bridgehead atoms. The Morgan fingerprint density at radius 2 is 2.18 bits per heavy atom. The van der Waals surface area contributed by atoms with Crippen LogP contribution in [0.5, 0.6) is 0 Å². The van der Waals surface area contributed by atoms with E-state index < -0.39 is 11.4 Å². The molecule has 0 spiro atoms. The van der Waals surface area contributed by atoms with Gasteiger partial charge in [0.05, 0.1) is 0 Å². The summed E-state index contributed by atoms with van der Waals surface area (Å²) in [5, 5.41) is -0.270. The Morgan fingerprint density at radius 1 is 1.55 bits per heavy atom. The fourth-order valence-electron chi connectivity index (χ4n) is 0.510. The van der Waals surface area contributed by atoms with Crippen LogP contribution < -0.4 is 0 Å². The summed E-state index contributed by atoms with van der Waals surface area (Å²) < 4.78 is 35.7. The predicted octanol–water partition coefficient (Wildman–Crippen LogP) is 2.68. The van der Waals surface area contributed by atoms with E-state index in [-0.39, 0.29) is 5.01 Å². The van der Waals surface area contributed by atoms with E-state index >= 15 is 0 Å². The molecule has 0 saturated carbocycles. The molecule has 0 saturated heterocycles. The van der Waals surface area contributed by atoms with Gasteiger partial charge in [0.15, 0.2) is 0 Å². The molecule has 1 heterocycles. The van der Waals surface area contributed by atoms with Gasteiger partial charge in [0.2, 0.25) is 0 Å². The zero-order valence-electron chi connectivity index (χ0n) is 5.17. The molecular formula is C5H4F3NS2. The Hall–Kier alpha value is -0.230. The first-order chi connectivity index (χ1) is 5.02. The van der Waals surface area contributed by atoms with E-state index in [0.29, 0.717) is 0 Å². The van der Waals surface area contributed by atoms with Gasteiger partial charge < -0.3 is 0 Å². The highest BCUT2D eigenvalue weighted by Crippen LogP contribution is 2.38. The van der Waals surface area contributed by atoms with E-state index in [2.05, 4.69) is 17.6 Å². The molecule has 0 aromatic carbocycles. The minimum atomic E-state index is -4.30. The van der Waals surface area contributed by atoms with Crippen molar-refractivity contribution >= 4 is 24.0 Å². The molecule has 1 aromatic rings. The fraction of sp³-hybridized carbons (Fsp3) is 0.400. The Morgan fingerprint density at radius 3 is 2.55 bits per heavy atom. The minimum Gasteiger partial charge on any atom is -0.248 e. The number of alkyl halides is 3. The molecule has 1 rings (SSSR count). The van der Waals surface area contributed by atoms with Gasteiger partial charge in [-0.2, -0.15) is 25.8 Å². The Balaban J connectivity index is 2.78. The van der Waals surface area contributed by atoms with Crippen molar-refractivity contribution in [3.8, 4) is 0 Å². The Bertz CT molecular complexity index is 218. The van der Waals surface area contributed by atoms with Crippen molar-refractivity contribution in [2.24, 2.45) is 0 Å². The molecular weight excluding hydrogens is 195 g/mol. The summed E-state index contributed by atoms with van der Waals surface area (Å²) in [6.45, 7) is 0. The molecule has 0 aliphatic carbocycles. The highest BCUT2D eigenvalue weighted by atomic mass is 32.1. The van der Waals surface area contributed by atoms with Crippen LogP contribution in [-0.2, 0) is 0 Å². The van der Waals surface area contributed by atoms with Crippen LogP contribution in [0.3, 0.4) is 0 Å². The van der Waals surface area contributed by atoms with Crippen LogP contribution >= 0.6 is 24.0 Å². The second-order valence-corrected chi connectivity index (χ2v) is 3.26. The average Bonchev–Trinajstić information content (AvgIpc) is 2.34. The molecule has 1 unspecified atom stereocenters. The minimum absolute atomic E-state index is 0.0131. The van der Waals surface area contributed by atoms with Crippen molar-refractivity contribution in [1.82, 2.24) is 4.98 Å². The van der Waals surface area contributed by atoms with Crippen LogP contribution in [0.1, 0.15) is 10.3 Å². The molecule has 1 nitrogen and oxygen atoms in total. The number of halogens is 3. The van der Waals surface area contributed by atoms with E-state index in [1.165, 1.54) is 11.6 Å². The van der Waals surface area contributed by atoms with E-state index in [9.17, 15) is 13.2 Å². The van der Waals surface area contributed by atoms with Crippen molar-refractivity contribution in [2.45, 2.75) is 11.4 Å².